The molecule has 1 amide bonds. The van der Waals surface area contributed by atoms with Gasteiger partial charge >= 0.3 is 0 Å². The molecular weight excluding hydrogens is 795 g/mol. The van der Waals surface area contributed by atoms with Crippen LogP contribution in [0.1, 0.15) is 251 Å². The summed E-state index contributed by atoms with van der Waals surface area (Å²) in [6.45, 7) is 5.85. The number of carbonyl (C=O) groups is 1. The minimum atomic E-state index is -1.48. The first-order chi connectivity index (χ1) is 30.8. The smallest absolute Gasteiger partial charge is 0.220 e. The number of carbonyl (C=O) groups excluding carboxylic acids is 1. The van der Waals surface area contributed by atoms with Gasteiger partial charge in [0.1, 0.15) is 24.4 Å². The van der Waals surface area contributed by atoms with Crippen molar-refractivity contribution in [3.63, 3.8) is 0 Å². The molecule has 374 valence electrons. The van der Waals surface area contributed by atoms with Crippen molar-refractivity contribution >= 4 is 5.91 Å². The van der Waals surface area contributed by atoms with Gasteiger partial charge in [0, 0.05) is 19.6 Å². The summed E-state index contributed by atoms with van der Waals surface area (Å²) >= 11 is 0. The quantitative estimate of drug-likeness (QED) is 0.0232. The predicted molar refractivity (Wildman–Crippen MR) is 260 cm³/mol. The van der Waals surface area contributed by atoms with E-state index in [1.54, 1.807) is 0 Å². The molecule has 0 saturated carbocycles. The molecule has 0 radical (unpaired) electrons. The summed E-state index contributed by atoms with van der Waals surface area (Å²) in [5.74, 6) is -0.186. The number of hydrogen-bond donors (Lipinski definition) is 7. The predicted octanol–water partition coefficient (Wildman–Crippen LogP) is 11.1. The molecule has 0 unspecified atom stereocenters. The zero-order chi connectivity index (χ0) is 46.0. The fourth-order valence-corrected chi connectivity index (χ4v) is 8.93. The maximum absolute atomic E-state index is 13.1. The molecule has 0 bridgehead atoms. The van der Waals surface area contributed by atoms with E-state index in [4.69, 9.17) is 9.47 Å². The molecule has 1 saturated heterocycles. The van der Waals surface area contributed by atoms with Crippen LogP contribution in [-0.4, -0.2) is 105 Å². The molecule has 1 aliphatic rings. The summed E-state index contributed by atoms with van der Waals surface area (Å²) in [4.78, 5) is 13.1. The van der Waals surface area contributed by atoms with Crippen molar-refractivity contribution in [1.82, 2.24) is 5.32 Å². The van der Waals surface area contributed by atoms with Gasteiger partial charge < -0.3 is 45.4 Å². The number of unbranched alkanes of at least 4 members (excludes halogenated alkanes) is 29. The van der Waals surface area contributed by atoms with Gasteiger partial charge in [0.05, 0.1) is 31.0 Å². The summed E-state index contributed by atoms with van der Waals surface area (Å²) in [5.41, 5.74) is 0. The van der Waals surface area contributed by atoms with E-state index < -0.39 is 55.4 Å². The second-order valence-corrected chi connectivity index (χ2v) is 19.1. The van der Waals surface area contributed by atoms with Crippen molar-refractivity contribution in [2.45, 2.75) is 300 Å². The Labute approximate surface area is 387 Å². The first kappa shape index (κ1) is 59.9. The first-order valence-corrected chi connectivity index (χ1v) is 26.9. The van der Waals surface area contributed by atoms with Crippen molar-refractivity contribution in [3.05, 3.63) is 12.2 Å². The molecule has 7 N–H and O–H groups in total. The van der Waals surface area contributed by atoms with Gasteiger partial charge in [0.15, 0.2) is 0 Å². The van der Waals surface area contributed by atoms with Crippen LogP contribution in [0.5, 0.6) is 0 Å². The molecule has 1 heterocycles. The summed E-state index contributed by atoms with van der Waals surface area (Å²) < 4.78 is 11.5. The normalized spacial score (nSPS) is 20.7. The van der Waals surface area contributed by atoms with Crippen molar-refractivity contribution in [2.24, 2.45) is 0 Å². The molecule has 0 aromatic heterocycles. The van der Waals surface area contributed by atoms with Crippen LogP contribution >= 0.6 is 0 Å². The van der Waals surface area contributed by atoms with Crippen molar-refractivity contribution in [3.8, 4) is 0 Å². The number of hydrogen-bond acceptors (Lipinski definition) is 9. The molecule has 8 atom stereocenters. The maximum atomic E-state index is 13.1. The minimum Gasteiger partial charge on any atom is -0.394 e. The summed E-state index contributed by atoms with van der Waals surface area (Å²) in [6.07, 6.45) is 37.5. The first-order valence-electron chi connectivity index (χ1n) is 26.9. The number of aliphatic hydroxyl groups is 6. The Bertz CT molecular complexity index is 1010. The molecule has 0 spiro atoms. The van der Waals surface area contributed by atoms with E-state index in [1.165, 1.54) is 161 Å². The van der Waals surface area contributed by atoms with Crippen molar-refractivity contribution in [2.75, 3.05) is 19.8 Å². The van der Waals surface area contributed by atoms with Crippen LogP contribution in [0.25, 0.3) is 0 Å². The molecule has 0 aliphatic carbocycles. The molecule has 10 heteroatoms. The number of aliphatic hydroxyl groups excluding tert-OH is 6. The Morgan fingerprint density at radius 3 is 1.43 bits per heavy atom. The molecule has 1 rings (SSSR count). The molecule has 0 aromatic rings. The highest BCUT2D eigenvalue weighted by Gasteiger charge is 2.43. The van der Waals surface area contributed by atoms with Crippen LogP contribution in [0.15, 0.2) is 12.2 Å². The largest absolute Gasteiger partial charge is 0.394 e. The highest BCUT2D eigenvalue weighted by Crippen LogP contribution is 2.26. The van der Waals surface area contributed by atoms with Gasteiger partial charge in [-0.1, -0.05) is 193 Å². The van der Waals surface area contributed by atoms with Gasteiger partial charge in [-0.3, -0.25) is 4.79 Å². The van der Waals surface area contributed by atoms with E-state index in [2.05, 4.69) is 31.3 Å². The summed E-state index contributed by atoms with van der Waals surface area (Å²) in [5, 5.41) is 65.9. The number of amides is 1. The van der Waals surface area contributed by atoms with E-state index in [0.717, 1.165) is 64.6 Å². The Morgan fingerprint density at radius 2 is 0.952 bits per heavy atom. The Morgan fingerprint density at radius 1 is 0.540 bits per heavy atom. The van der Waals surface area contributed by atoms with Crippen molar-refractivity contribution in [1.29, 1.82) is 0 Å². The Hall–Kier alpha value is -1.11. The van der Waals surface area contributed by atoms with Crippen LogP contribution < -0.4 is 5.32 Å². The third-order valence-electron chi connectivity index (χ3n) is 13.3. The van der Waals surface area contributed by atoms with Crippen LogP contribution in [0.3, 0.4) is 0 Å². The fraction of sp³-hybridized carbons (Fsp3) is 0.943. The minimum absolute atomic E-state index is 0.153. The molecule has 10 nitrogen and oxygen atoms in total. The SMILES string of the molecule is CCCCCCCCCCCCCC[C@@H](O)[C@@H](O)[C@H](CC[C@H]1O[C@H](CO)[C@H](O)[C@H](O)[C@H]1O)NC(=O)CCCCCCCC/C=C/CCCCCCCCOCCCCCCCCC. The van der Waals surface area contributed by atoms with Gasteiger partial charge in [-0.2, -0.15) is 0 Å². The average molecular weight is 898 g/mol. The van der Waals surface area contributed by atoms with Gasteiger partial charge in [-0.15, -0.1) is 0 Å². The van der Waals surface area contributed by atoms with Crippen LogP contribution in [0.2, 0.25) is 0 Å². The lowest BCUT2D eigenvalue weighted by Gasteiger charge is -2.40. The van der Waals surface area contributed by atoms with Gasteiger partial charge in [0.2, 0.25) is 5.91 Å². The molecule has 1 aliphatic heterocycles. The average Bonchev–Trinajstić information content (AvgIpc) is 3.28. The van der Waals surface area contributed by atoms with E-state index >= 15 is 0 Å². The third-order valence-corrected chi connectivity index (χ3v) is 13.3. The number of nitrogens with one attached hydrogen (secondary N) is 1. The standard InChI is InChI=1S/C53H103NO9/c1-3-5-7-9-11-12-13-20-23-26-30-34-38-46(56)50(58)45(40-41-47-51(59)53(61)52(60)48(44-55)63-47)54-49(57)39-35-31-27-24-21-18-16-14-15-17-19-22-25-29-33-37-43-62-42-36-32-28-10-8-6-4-2/h14-15,45-48,50-53,55-56,58-61H,3-13,16-44H2,1-2H3,(H,54,57)/b15-14+/t45-,46+,47+,48+,50-,51-,52-,53+/m0/s1. The maximum Gasteiger partial charge on any atom is 0.220 e. The topological polar surface area (TPSA) is 169 Å². The number of ether oxygens (including phenoxy) is 2. The lowest BCUT2D eigenvalue weighted by molar-refractivity contribution is -0.231. The van der Waals surface area contributed by atoms with Crippen LogP contribution in [0.4, 0.5) is 0 Å². The van der Waals surface area contributed by atoms with Gasteiger partial charge in [0.25, 0.3) is 0 Å². The molecule has 0 aromatic carbocycles. The lowest BCUT2D eigenvalue weighted by Crippen LogP contribution is -2.59. The van der Waals surface area contributed by atoms with Gasteiger partial charge in [-0.05, 0) is 64.2 Å². The Kier molecular flexibility index (Phi) is 41.3. The Balaban J connectivity index is 2.24. The van der Waals surface area contributed by atoms with E-state index in [0.29, 0.717) is 12.8 Å². The fourth-order valence-electron chi connectivity index (χ4n) is 8.93. The second kappa shape index (κ2) is 43.5. The summed E-state index contributed by atoms with van der Waals surface area (Å²) in [6, 6.07) is -0.773. The highest BCUT2D eigenvalue weighted by molar-refractivity contribution is 5.76. The second-order valence-electron chi connectivity index (χ2n) is 19.1. The van der Waals surface area contributed by atoms with Crippen molar-refractivity contribution < 1.29 is 44.9 Å². The van der Waals surface area contributed by atoms with E-state index in [1.807, 2.05) is 0 Å². The zero-order valence-corrected chi connectivity index (χ0v) is 41.0. The highest BCUT2D eigenvalue weighted by atomic mass is 16.5. The van der Waals surface area contributed by atoms with E-state index in [9.17, 15) is 35.4 Å². The monoisotopic (exact) mass is 898 g/mol. The lowest BCUT2D eigenvalue weighted by atomic mass is 9.90. The van der Waals surface area contributed by atoms with Gasteiger partial charge in [-0.25, -0.2) is 0 Å². The van der Waals surface area contributed by atoms with Crippen LogP contribution in [0, 0.1) is 0 Å². The summed E-state index contributed by atoms with van der Waals surface area (Å²) in [7, 11) is 0. The molecule has 63 heavy (non-hydrogen) atoms. The number of allylic oxidation sites excluding steroid dienone is 2. The third kappa shape index (κ3) is 33.1. The van der Waals surface area contributed by atoms with E-state index in [-0.39, 0.29) is 18.7 Å². The number of rotatable bonds is 46. The molecular formula is C53H103NO9. The van der Waals surface area contributed by atoms with Crippen LogP contribution in [-0.2, 0) is 14.3 Å². The molecule has 1 fully saturated rings. The zero-order valence-electron chi connectivity index (χ0n) is 41.0.